The topological polar surface area (TPSA) is 108 Å². The zero-order valence-electron chi connectivity index (χ0n) is 9.47. The van der Waals surface area contributed by atoms with E-state index in [4.69, 9.17) is 5.11 Å². The zero-order valence-corrected chi connectivity index (χ0v) is 10.3. The Labute approximate surface area is 107 Å². The van der Waals surface area contributed by atoms with Crippen molar-refractivity contribution in [3.05, 3.63) is 23.3 Å². The van der Waals surface area contributed by atoms with Gasteiger partial charge in [-0.25, -0.2) is 4.98 Å². The highest BCUT2D eigenvalue weighted by Gasteiger charge is 2.15. The van der Waals surface area contributed by atoms with Gasteiger partial charge in [-0.15, -0.1) is 11.3 Å². The zero-order chi connectivity index (χ0) is 13.5. The maximum Gasteiger partial charge on any atom is 0.322 e. The first kappa shape index (κ1) is 13.8. The standard InChI is InChI=1S/C10H11N3O4S/c1-6(14)7(4-11-5-8(15)16)9(17)13-10-12-2-3-18-10/h2-4,11H,5H2,1H3,(H,15,16)(H,12,13,17)/b7-4+. The normalized spacial score (nSPS) is 10.8. The molecule has 1 aromatic rings. The van der Waals surface area contributed by atoms with E-state index >= 15 is 0 Å². The van der Waals surface area contributed by atoms with Gasteiger partial charge in [0, 0.05) is 17.8 Å². The van der Waals surface area contributed by atoms with Crippen LogP contribution in [0.2, 0.25) is 0 Å². The molecule has 0 saturated heterocycles. The minimum Gasteiger partial charge on any atom is -0.480 e. The van der Waals surface area contributed by atoms with Crippen LogP contribution in [0, 0.1) is 0 Å². The Morgan fingerprint density at radius 3 is 2.72 bits per heavy atom. The first-order chi connectivity index (χ1) is 8.50. The summed E-state index contributed by atoms with van der Waals surface area (Å²) >= 11 is 1.21. The molecule has 1 rings (SSSR count). The molecule has 1 amide bonds. The molecule has 1 heterocycles. The highest BCUT2D eigenvalue weighted by Crippen LogP contribution is 2.11. The van der Waals surface area contributed by atoms with E-state index in [0.717, 1.165) is 6.20 Å². The fraction of sp³-hybridized carbons (Fsp3) is 0.200. The van der Waals surface area contributed by atoms with Crippen molar-refractivity contribution in [1.29, 1.82) is 0 Å². The molecule has 0 spiro atoms. The number of carboxylic acid groups (broad SMARTS) is 1. The average Bonchev–Trinajstić information content (AvgIpc) is 2.75. The van der Waals surface area contributed by atoms with Gasteiger partial charge in [0.2, 0.25) is 0 Å². The molecule has 0 radical (unpaired) electrons. The number of aromatic nitrogens is 1. The predicted molar refractivity (Wildman–Crippen MR) is 65.1 cm³/mol. The summed E-state index contributed by atoms with van der Waals surface area (Å²) in [6.07, 6.45) is 2.60. The highest BCUT2D eigenvalue weighted by atomic mass is 32.1. The lowest BCUT2D eigenvalue weighted by molar-refractivity contribution is -0.135. The number of nitrogens with zero attached hydrogens (tertiary/aromatic N) is 1. The van der Waals surface area contributed by atoms with Gasteiger partial charge in [0.15, 0.2) is 10.9 Å². The van der Waals surface area contributed by atoms with Gasteiger partial charge >= 0.3 is 5.97 Å². The lowest BCUT2D eigenvalue weighted by atomic mass is 10.2. The van der Waals surface area contributed by atoms with Crippen LogP contribution in [0.5, 0.6) is 0 Å². The predicted octanol–water partition coefficient (Wildman–Crippen LogP) is 0.229. The van der Waals surface area contributed by atoms with Crippen LogP contribution in [0.4, 0.5) is 5.13 Å². The molecule has 0 aliphatic rings. The van der Waals surface area contributed by atoms with Crippen molar-refractivity contribution in [2.45, 2.75) is 6.92 Å². The molecule has 0 aromatic carbocycles. The van der Waals surface area contributed by atoms with E-state index in [0.29, 0.717) is 5.13 Å². The van der Waals surface area contributed by atoms with E-state index in [-0.39, 0.29) is 12.1 Å². The summed E-state index contributed by atoms with van der Waals surface area (Å²) in [7, 11) is 0. The minimum atomic E-state index is -1.09. The molecular formula is C10H11N3O4S. The van der Waals surface area contributed by atoms with Crippen LogP contribution in [-0.2, 0) is 14.4 Å². The van der Waals surface area contributed by atoms with Crippen molar-refractivity contribution in [2.24, 2.45) is 0 Å². The van der Waals surface area contributed by atoms with Gasteiger partial charge in [-0.1, -0.05) is 0 Å². The average molecular weight is 269 g/mol. The third-order valence-corrected chi connectivity index (χ3v) is 2.46. The van der Waals surface area contributed by atoms with Gasteiger partial charge < -0.3 is 10.4 Å². The first-order valence-corrected chi connectivity index (χ1v) is 5.76. The molecule has 0 bridgehead atoms. The number of carbonyl (C=O) groups is 3. The number of hydrogen-bond acceptors (Lipinski definition) is 6. The van der Waals surface area contributed by atoms with Crippen molar-refractivity contribution >= 4 is 34.1 Å². The molecule has 8 heteroatoms. The molecule has 0 aliphatic carbocycles. The fourth-order valence-electron chi connectivity index (χ4n) is 1.02. The number of aliphatic carboxylic acids is 1. The molecule has 0 unspecified atom stereocenters. The number of hydrogen-bond donors (Lipinski definition) is 3. The lowest BCUT2D eigenvalue weighted by Crippen LogP contribution is -2.24. The number of Topliss-reactive ketones (excluding diaryl/α,β-unsaturated/α-hetero) is 1. The SMILES string of the molecule is CC(=O)/C(=C\NCC(=O)O)C(=O)Nc1nccs1. The van der Waals surface area contributed by atoms with Crippen LogP contribution in [-0.4, -0.2) is 34.3 Å². The summed E-state index contributed by atoms with van der Waals surface area (Å²) in [6.45, 7) is 0.844. The van der Waals surface area contributed by atoms with Gasteiger partial charge in [-0.2, -0.15) is 0 Å². The number of amides is 1. The third kappa shape index (κ3) is 4.34. The molecule has 18 heavy (non-hydrogen) atoms. The molecule has 0 saturated carbocycles. The van der Waals surface area contributed by atoms with Crippen molar-refractivity contribution in [1.82, 2.24) is 10.3 Å². The Morgan fingerprint density at radius 2 is 2.22 bits per heavy atom. The van der Waals surface area contributed by atoms with Gasteiger partial charge in [0.25, 0.3) is 5.91 Å². The Bertz CT molecular complexity index is 481. The molecule has 0 aliphatic heterocycles. The van der Waals surface area contributed by atoms with Crippen molar-refractivity contribution in [2.75, 3.05) is 11.9 Å². The Kier molecular flexibility index (Phi) is 5.00. The second-order valence-corrected chi connectivity index (χ2v) is 4.07. The quantitative estimate of drug-likeness (QED) is 0.387. The smallest absolute Gasteiger partial charge is 0.322 e. The molecule has 3 N–H and O–H groups in total. The van der Waals surface area contributed by atoms with Crippen LogP contribution in [0.1, 0.15) is 6.92 Å². The summed E-state index contributed by atoms with van der Waals surface area (Å²) < 4.78 is 0. The van der Waals surface area contributed by atoms with Crippen LogP contribution in [0.3, 0.4) is 0 Å². The summed E-state index contributed by atoms with van der Waals surface area (Å²) in [4.78, 5) is 37.1. The molecule has 1 aromatic heterocycles. The number of anilines is 1. The highest BCUT2D eigenvalue weighted by molar-refractivity contribution is 7.13. The van der Waals surface area contributed by atoms with Crippen LogP contribution in [0.25, 0.3) is 0 Å². The van der Waals surface area contributed by atoms with E-state index in [1.165, 1.54) is 24.5 Å². The number of rotatable bonds is 6. The molecule has 0 fully saturated rings. The molecular weight excluding hydrogens is 258 g/mol. The summed E-state index contributed by atoms with van der Waals surface area (Å²) in [6, 6.07) is 0. The second kappa shape index (κ2) is 6.50. The number of carboxylic acids is 1. The Morgan fingerprint density at radius 1 is 1.50 bits per heavy atom. The largest absolute Gasteiger partial charge is 0.480 e. The molecule has 7 nitrogen and oxygen atoms in total. The van der Waals surface area contributed by atoms with E-state index in [1.54, 1.807) is 5.38 Å². The second-order valence-electron chi connectivity index (χ2n) is 3.18. The van der Waals surface area contributed by atoms with Gasteiger partial charge in [-0.3, -0.25) is 19.7 Å². The minimum absolute atomic E-state index is 0.161. The van der Waals surface area contributed by atoms with E-state index < -0.39 is 17.7 Å². The van der Waals surface area contributed by atoms with E-state index in [2.05, 4.69) is 15.6 Å². The van der Waals surface area contributed by atoms with E-state index in [1.807, 2.05) is 0 Å². The van der Waals surface area contributed by atoms with E-state index in [9.17, 15) is 14.4 Å². The Hall–Kier alpha value is -2.22. The van der Waals surface area contributed by atoms with Gasteiger partial charge in [0.05, 0.1) is 5.57 Å². The number of thiazole rings is 1. The molecule has 96 valence electrons. The summed E-state index contributed by atoms with van der Waals surface area (Å²) in [5, 5.41) is 15.3. The van der Waals surface area contributed by atoms with Gasteiger partial charge in [0.1, 0.15) is 6.54 Å². The summed E-state index contributed by atoms with van der Waals surface area (Å²) in [5.74, 6) is -2.19. The lowest BCUT2D eigenvalue weighted by Gasteiger charge is -2.04. The third-order valence-electron chi connectivity index (χ3n) is 1.78. The van der Waals surface area contributed by atoms with Crippen molar-refractivity contribution in [3.63, 3.8) is 0 Å². The van der Waals surface area contributed by atoms with Crippen molar-refractivity contribution in [3.8, 4) is 0 Å². The number of carbonyl (C=O) groups excluding carboxylic acids is 2. The monoisotopic (exact) mass is 269 g/mol. The number of ketones is 1. The summed E-state index contributed by atoms with van der Waals surface area (Å²) in [5.41, 5.74) is -0.161. The first-order valence-electron chi connectivity index (χ1n) is 4.88. The molecule has 0 atom stereocenters. The van der Waals surface area contributed by atoms with Crippen LogP contribution in [0.15, 0.2) is 23.3 Å². The van der Waals surface area contributed by atoms with Crippen molar-refractivity contribution < 1.29 is 19.5 Å². The van der Waals surface area contributed by atoms with Gasteiger partial charge in [-0.05, 0) is 6.92 Å². The Balaban J connectivity index is 2.69. The maximum absolute atomic E-state index is 11.7. The fourth-order valence-corrected chi connectivity index (χ4v) is 1.54. The maximum atomic E-state index is 11.7. The van der Waals surface area contributed by atoms with Crippen LogP contribution >= 0.6 is 11.3 Å². The number of nitrogens with one attached hydrogen (secondary N) is 2. The van der Waals surface area contributed by atoms with Crippen LogP contribution < -0.4 is 10.6 Å².